The zero-order chi connectivity index (χ0) is 14.8. The van der Waals surface area contributed by atoms with Crippen LogP contribution in [0.1, 0.15) is 11.1 Å². The monoisotopic (exact) mass is 311 g/mol. The zero-order valence-electron chi connectivity index (χ0n) is 10.8. The SMILES string of the molecule is Cc1ccc(NS(=O)(=O)c2ccc(CO)cc2)c(Cl)c1. The lowest BCUT2D eigenvalue weighted by molar-refractivity contribution is 0.282. The van der Waals surface area contributed by atoms with Gasteiger partial charge in [-0.15, -0.1) is 0 Å². The fourth-order valence-corrected chi connectivity index (χ4v) is 3.10. The highest BCUT2D eigenvalue weighted by Gasteiger charge is 2.15. The Balaban J connectivity index is 2.30. The second kappa shape index (κ2) is 5.83. The van der Waals surface area contributed by atoms with E-state index in [0.717, 1.165) is 5.56 Å². The standard InChI is InChI=1S/C14H14ClNO3S/c1-10-2-7-14(13(15)8-10)16-20(18,19)12-5-3-11(9-17)4-6-12/h2-8,16-17H,9H2,1H3. The van der Waals surface area contributed by atoms with E-state index in [2.05, 4.69) is 4.72 Å². The van der Waals surface area contributed by atoms with Gasteiger partial charge in [-0.2, -0.15) is 0 Å². The summed E-state index contributed by atoms with van der Waals surface area (Å²) >= 11 is 6.01. The summed E-state index contributed by atoms with van der Waals surface area (Å²) in [5.74, 6) is 0. The Morgan fingerprint density at radius 1 is 1.15 bits per heavy atom. The van der Waals surface area contributed by atoms with Gasteiger partial charge in [0.15, 0.2) is 0 Å². The van der Waals surface area contributed by atoms with Crippen LogP contribution in [0.4, 0.5) is 5.69 Å². The number of anilines is 1. The average molecular weight is 312 g/mol. The molecule has 2 aromatic carbocycles. The summed E-state index contributed by atoms with van der Waals surface area (Å²) in [6, 6.07) is 11.1. The van der Waals surface area contributed by atoms with Crippen molar-refractivity contribution >= 4 is 27.3 Å². The first-order chi connectivity index (χ1) is 9.42. The van der Waals surface area contributed by atoms with Gasteiger partial charge in [-0.05, 0) is 42.3 Å². The topological polar surface area (TPSA) is 66.4 Å². The van der Waals surface area contributed by atoms with E-state index in [1.165, 1.54) is 12.1 Å². The Kier molecular flexibility index (Phi) is 4.32. The maximum atomic E-state index is 12.2. The molecule has 0 heterocycles. The van der Waals surface area contributed by atoms with Crippen LogP contribution in [0.25, 0.3) is 0 Å². The van der Waals surface area contributed by atoms with Gasteiger partial charge in [-0.3, -0.25) is 4.72 Å². The molecule has 4 nitrogen and oxygen atoms in total. The Hall–Kier alpha value is -1.56. The Labute approximate surface area is 123 Å². The second-order valence-corrected chi connectivity index (χ2v) is 6.48. The van der Waals surface area contributed by atoms with E-state index in [1.54, 1.807) is 30.3 Å². The molecule has 2 aromatic rings. The van der Waals surface area contributed by atoms with Gasteiger partial charge in [0, 0.05) is 0 Å². The summed E-state index contributed by atoms with van der Waals surface area (Å²) in [5.41, 5.74) is 1.94. The van der Waals surface area contributed by atoms with Crippen molar-refractivity contribution < 1.29 is 13.5 Å². The first kappa shape index (κ1) is 14.8. The van der Waals surface area contributed by atoms with Crippen molar-refractivity contribution in [3.8, 4) is 0 Å². The predicted octanol–water partition coefficient (Wildman–Crippen LogP) is 2.94. The summed E-state index contributed by atoms with van der Waals surface area (Å²) in [6.07, 6.45) is 0. The Morgan fingerprint density at radius 3 is 2.35 bits per heavy atom. The van der Waals surface area contributed by atoms with Crippen molar-refractivity contribution in [2.45, 2.75) is 18.4 Å². The van der Waals surface area contributed by atoms with Crippen LogP contribution in [0.15, 0.2) is 47.4 Å². The number of benzene rings is 2. The van der Waals surface area contributed by atoms with Gasteiger partial charge in [0.05, 0.1) is 22.2 Å². The molecule has 0 saturated heterocycles. The molecule has 0 aromatic heterocycles. The molecule has 0 bridgehead atoms. The normalized spacial score (nSPS) is 11.3. The lowest BCUT2D eigenvalue weighted by Gasteiger charge is -2.10. The number of nitrogens with one attached hydrogen (secondary N) is 1. The van der Waals surface area contributed by atoms with E-state index in [9.17, 15) is 8.42 Å². The molecule has 0 unspecified atom stereocenters. The summed E-state index contributed by atoms with van der Waals surface area (Å²) < 4.78 is 26.9. The molecule has 0 atom stereocenters. The van der Waals surface area contributed by atoms with E-state index in [1.807, 2.05) is 6.92 Å². The molecular weight excluding hydrogens is 298 g/mol. The number of aliphatic hydroxyl groups is 1. The van der Waals surface area contributed by atoms with E-state index in [-0.39, 0.29) is 11.5 Å². The van der Waals surface area contributed by atoms with Crippen molar-refractivity contribution in [2.75, 3.05) is 4.72 Å². The molecule has 0 radical (unpaired) electrons. The van der Waals surface area contributed by atoms with Crippen molar-refractivity contribution in [3.05, 3.63) is 58.6 Å². The summed E-state index contributed by atoms with van der Waals surface area (Å²) in [7, 11) is -3.69. The maximum Gasteiger partial charge on any atom is 0.261 e. The molecule has 106 valence electrons. The highest BCUT2D eigenvalue weighted by atomic mass is 35.5. The number of halogens is 1. The molecule has 0 spiro atoms. The van der Waals surface area contributed by atoms with Gasteiger partial charge in [0.2, 0.25) is 0 Å². The second-order valence-electron chi connectivity index (χ2n) is 4.39. The minimum atomic E-state index is -3.69. The molecule has 0 aliphatic rings. The number of sulfonamides is 1. The Bertz CT molecular complexity index is 712. The van der Waals surface area contributed by atoms with Crippen molar-refractivity contribution in [2.24, 2.45) is 0 Å². The van der Waals surface area contributed by atoms with Crippen LogP contribution in [0, 0.1) is 6.92 Å². The molecular formula is C14H14ClNO3S. The molecule has 0 amide bonds. The summed E-state index contributed by atoms with van der Waals surface area (Å²) in [4.78, 5) is 0.117. The van der Waals surface area contributed by atoms with Gasteiger partial charge in [-0.25, -0.2) is 8.42 Å². The van der Waals surface area contributed by atoms with E-state index < -0.39 is 10.0 Å². The fraction of sp³-hybridized carbons (Fsp3) is 0.143. The highest BCUT2D eigenvalue weighted by Crippen LogP contribution is 2.25. The minimum absolute atomic E-state index is 0.117. The van der Waals surface area contributed by atoms with Crippen molar-refractivity contribution in [1.29, 1.82) is 0 Å². The molecule has 0 fully saturated rings. The lowest BCUT2D eigenvalue weighted by atomic mass is 10.2. The number of aliphatic hydroxyl groups excluding tert-OH is 1. The molecule has 6 heteroatoms. The van der Waals surface area contributed by atoms with Crippen molar-refractivity contribution in [3.63, 3.8) is 0 Å². The average Bonchev–Trinajstić information content (AvgIpc) is 2.42. The van der Waals surface area contributed by atoms with E-state index in [0.29, 0.717) is 16.3 Å². The van der Waals surface area contributed by atoms with E-state index in [4.69, 9.17) is 16.7 Å². The maximum absolute atomic E-state index is 12.2. The van der Waals surface area contributed by atoms with Crippen LogP contribution in [0.2, 0.25) is 5.02 Å². The van der Waals surface area contributed by atoms with Gasteiger partial charge in [-0.1, -0.05) is 29.8 Å². The smallest absolute Gasteiger partial charge is 0.261 e. The van der Waals surface area contributed by atoms with Crippen LogP contribution >= 0.6 is 11.6 Å². The molecule has 2 N–H and O–H groups in total. The quantitative estimate of drug-likeness (QED) is 0.912. The molecule has 0 saturated carbocycles. The van der Waals surface area contributed by atoms with E-state index >= 15 is 0 Å². The third-order valence-corrected chi connectivity index (χ3v) is 4.48. The van der Waals surface area contributed by atoms with Crippen LogP contribution in [0.3, 0.4) is 0 Å². The third kappa shape index (κ3) is 3.30. The summed E-state index contributed by atoms with van der Waals surface area (Å²) in [6.45, 7) is 1.75. The van der Waals surface area contributed by atoms with Gasteiger partial charge >= 0.3 is 0 Å². The fourth-order valence-electron chi connectivity index (χ4n) is 1.68. The van der Waals surface area contributed by atoms with Crippen LogP contribution in [0.5, 0.6) is 0 Å². The molecule has 0 aliphatic heterocycles. The predicted molar refractivity (Wildman–Crippen MR) is 79.4 cm³/mol. The number of hydrogen-bond acceptors (Lipinski definition) is 3. The first-order valence-electron chi connectivity index (χ1n) is 5.91. The molecule has 20 heavy (non-hydrogen) atoms. The third-order valence-electron chi connectivity index (χ3n) is 2.79. The van der Waals surface area contributed by atoms with Gasteiger partial charge in [0.1, 0.15) is 0 Å². The molecule has 2 rings (SSSR count). The Morgan fingerprint density at radius 2 is 1.80 bits per heavy atom. The molecule has 0 aliphatic carbocycles. The first-order valence-corrected chi connectivity index (χ1v) is 7.77. The van der Waals surface area contributed by atoms with Crippen molar-refractivity contribution in [1.82, 2.24) is 0 Å². The largest absolute Gasteiger partial charge is 0.392 e. The number of hydrogen-bond donors (Lipinski definition) is 2. The summed E-state index contributed by atoms with van der Waals surface area (Å²) in [5, 5.41) is 9.29. The zero-order valence-corrected chi connectivity index (χ0v) is 12.4. The number of rotatable bonds is 4. The lowest BCUT2D eigenvalue weighted by Crippen LogP contribution is -2.13. The minimum Gasteiger partial charge on any atom is -0.392 e. The van der Waals surface area contributed by atoms with Crippen LogP contribution < -0.4 is 4.72 Å². The van der Waals surface area contributed by atoms with Crippen LogP contribution in [-0.4, -0.2) is 13.5 Å². The van der Waals surface area contributed by atoms with Crippen LogP contribution in [-0.2, 0) is 16.6 Å². The highest BCUT2D eigenvalue weighted by molar-refractivity contribution is 7.92. The van der Waals surface area contributed by atoms with Gasteiger partial charge in [0.25, 0.3) is 10.0 Å². The number of aryl methyl sites for hydroxylation is 1. The van der Waals surface area contributed by atoms with Gasteiger partial charge < -0.3 is 5.11 Å².